The van der Waals surface area contributed by atoms with Crippen LogP contribution in [0, 0.1) is 0 Å². The number of rotatable bonds is 4. The minimum Gasteiger partial charge on any atom is -0.482 e. The van der Waals surface area contributed by atoms with Crippen molar-refractivity contribution in [2.45, 2.75) is 13.3 Å². The fraction of sp³-hybridized carbons (Fsp3) is 0.222. The summed E-state index contributed by atoms with van der Waals surface area (Å²) in [5.41, 5.74) is 2.54. The summed E-state index contributed by atoms with van der Waals surface area (Å²) in [6.45, 7) is 2.07. The summed E-state index contributed by atoms with van der Waals surface area (Å²) in [5.74, 6) is 0.396. The van der Waals surface area contributed by atoms with E-state index < -0.39 is 0 Å². The molecule has 3 rings (SSSR count). The Kier molecular flexibility index (Phi) is 4.35. The van der Waals surface area contributed by atoms with Crippen molar-refractivity contribution in [3.8, 4) is 5.75 Å². The first-order chi connectivity index (χ1) is 11.1. The van der Waals surface area contributed by atoms with Gasteiger partial charge >= 0.3 is 0 Å². The van der Waals surface area contributed by atoms with Crippen molar-refractivity contribution in [3.05, 3.63) is 58.6 Å². The van der Waals surface area contributed by atoms with Crippen molar-refractivity contribution < 1.29 is 14.3 Å². The molecule has 4 nitrogen and oxygen atoms in total. The lowest BCUT2D eigenvalue weighted by Gasteiger charge is -2.18. The largest absolute Gasteiger partial charge is 0.482 e. The third-order valence-corrected chi connectivity index (χ3v) is 4.18. The van der Waals surface area contributed by atoms with Gasteiger partial charge < -0.3 is 9.64 Å². The van der Waals surface area contributed by atoms with Crippen LogP contribution in [0.25, 0.3) is 0 Å². The predicted octanol–water partition coefficient (Wildman–Crippen LogP) is 3.51. The molecule has 0 bridgehead atoms. The number of para-hydroxylation sites is 1. The van der Waals surface area contributed by atoms with Gasteiger partial charge in [-0.15, -0.1) is 0 Å². The number of hydrogen-bond acceptors (Lipinski definition) is 3. The lowest BCUT2D eigenvalue weighted by molar-refractivity contribution is -0.120. The van der Waals surface area contributed by atoms with Gasteiger partial charge in [-0.25, -0.2) is 0 Å². The third-order valence-electron chi connectivity index (χ3n) is 3.87. The zero-order valence-corrected chi connectivity index (χ0v) is 13.5. The molecule has 0 fully saturated rings. The molecule has 1 amide bonds. The van der Waals surface area contributed by atoms with Gasteiger partial charge in [0.05, 0.1) is 5.02 Å². The normalized spacial score (nSPS) is 12.9. The summed E-state index contributed by atoms with van der Waals surface area (Å²) in [6, 6.07) is 12.5. The number of fused-ring (bicyclic) bond motifs is 1. The van der Waals surface area contributed by atoms with Crippen LogP contribution >= 0.6 is 11.6 Å². The zero-order chi connectivity index (χ0) is 16.4. The standard InChI is InChI=1S/C18H16ClNO3/c1-12(21)13-6-7-16-14(10-13)8-9-20(16)18(22)11-23-17-5-3-2-4-15(17)19/h2-7,10H,8-9,11H2,1H3. The van der Waals surface area contributed by atoms with E-state index in [0.717, 1.165) is 17.7 Å². The molecule has 0 aromatic heterocycles. The third kappa shape index (κ3) is 3.22. The van der Waals surface area contributed by atoms with E-state index in [1.807, 2.05) is 12.1 Å². The van der Waals surface area contributed by atoms with Gasteiger partial charge in [-0.3, -0.25) is 9.59 Å². The summed E-state index contributed by atoms with van der Waals surface area (Å²) < 4.78 is 5.51. The Morgan fingerprint density at radius 3 is 2.74 bits per heavy atom. The average molecular weight is 330 g/mol. The zero-order valence-electron chi connectivity index (χ0n) is 12.7. The van der Waals surface area contributed by atoms with Gasteiger partial charge in [-0.05, 0) is 49.2 Å². The van der Waals surface area contributed by atoms with Crippen LogP contribution in [0.1, 0.15) is 22.8 Å². The number of anilines is 1. The van der Waals surface area contributed by atoms with Gasteiger partial charge in [0.25, 0.3) is 5.91 Å². The van der Waals surface area contributed by atoms with E-state index in [0.29, 0.717) is 22.9 Å². The fourth-order valence-electron chi connectivity index (χ4n) is 2.66. The van der Waals surface area contributed by atoms with E-state index in [9.17, 15) is 9.59 Å². The van der Waals surface area contributed by atoms with E-state index >= 15 is 0 Å². The summed E-state index contributed by atoms with van der Waals surface area (Å²) in [6.07, 6.45) is 0.744. The monoisotopic (exact) mass is 329 g/mol. The molecule has 2 aromatic carbocycles. The summed E-state index contributed by atoms with van der Waals surface area (Å²) in [7, 11) is 0. The number of nitrogens with zero attached hydrogens (tertiary/aromatic N) is 1. The van der Waals surface area contributed by atoms with Crippen LogP contribution in [0.2, 0.25) is 5.02 Å². The molecular formula is C18H16ClNO3. The first-order valence-corrected chi connectivity index (χ1v) is 7.75. The molecule has 0 aliphatic carbocycles. The number of halogens is 1. The molecule has 23 heavy (non-hydrogen) atoms. The highest BCUT2D eigenvalue weighted by molar-refractivity contribution is 6.32. The topological polar surface area (TPSA) is 46.6 Å². The summed E-state index contributed by atoms with van der Waals surface area (Å²) in [4.78, 5) is 25.5. The van der Waals surface area contributed by atoms with E-state index in [-0.39, 0.29) is 18.3 Å². The SMILES string of the molecule is CC(=O)c1ccc2c(c1)CCN2C(=O)COc1ccccc1Cl. The highest BCUT2D eigenvalue weighted by Gasteiger charge is 2.25. The number of benzene rings is 2. The first kappa shape index (κ1) is 15.6. The number of carbonyl (C=O) groups is 2. The molecule has 0 N–H and O–H groups in total. The second-order valence-electron chi connectivity index (χ2n) is 5.41. The maximum Gasteiger partial charge on any atom is 0.264 e. The number of Topliss-reactive ketones (excluding diaryl/α,β-unsaturated/α-hetero) is 1. The van der Waals surface area contributed by atoms with Crippen molar-refractivity contribution >= 4 is 29.0 Å². The quantitative estimate of drug-likeness (QED) is 0.806. The van der Waals surface area contributed by atoms with E-state index in [1.165, 1.54) is 6.92 Å². The number of ether oxygens (including phenoxy) is 1. The Morgan fingerprint density at radius 1 is 1.22 bits per heavy atom. The van der Waals surface area contributed by atoms with Gasteiger partial charge in [0.1, 0.15) is 5.75 Å². The van der Waals surface area contributed by atoms with E-state index in [4.69, 9.17) is 16.3 Å². The predicted molar refractivity (Wildman–Crippen MR) is 89.5 cm³/mol. The molecule has 0 saturated carbocycles. The minimum atomic E-state index is -0.126. The number of ketones is 1. The van der Waals surface area contributed by atoms with Crippen molar-refractivity contribution in [1.82, 2.24) is 0 Å². The molecular weight excluding hydrogens is 314 g/mol. The van der Waals surface area contributed by atoms with Crippen molar-refractivity contribution in [2.24, 2.45) is 0 Å². The lowest BCUT2D eigenvalue weighted by atomic mass is 10.1. The van der Waals surface area contributed by atoms with Gasteiger partial charge in [0.2, 0.25) is 0 Å². The summed E-state index contributed by atoms with van der Waals surface area (Å²) >= 11 is 6.01. The second-order valence-corrected chi connectivity index (χ2v) is 5.82. The molecule has 0 saturated heterocycles. The maximum atomic E-state index is 12.4. The molecule has 0 radical (unpaired) electrons. The number of amides is 1. The summed E-state index contributed by atoms with van der Waals surface area (Å²) in [5, 5.41) is 0.480. The van der Waals surface area contributed by atoms with Crippen LogP contribution in [-0.4, -0.2) is 24.8 Å². The number of hydrogen-bond donors (Lipinski definition) is 0. The highest BCUT2D eigenvalue weighted by Crippen LogP contribution is 2.29. The Bertz CT molecular complexity index is 773. The lowest BCUT2D eigenvalue weighted by Crippen LogP contribution is -2.33. The molecule has 118 valence electrons. The molecule has 1 heterocycles. The van der Waals surface area contributed by atoms with Gasteiger partial charge in [0, 0.05) is 17.8 Å². The van der Waals surface area contributed by atoms with Crippen molar-refractivity contribution in [2.75, 3.05) is 18.1 Å². The smallest absolute Gasteiger partial charge is 0.264 e. The van der Waals surface area contributed by atoms with Crippen LogP contribution in [0.15, 0.2) is 42.5 Å². The Morgan fingerprint density at radius 2 is 2.00 bits per heavy atom. The Balaban J connectivity index is 1.71. The van der Waals surface area contributed by atoms with Gasteiger partial charge in [-0.1, -0.05) is 23.7 Å². The van der Waals surface area contributed by atoms with Crippen LogP contribution < -0.4 is 9.64 Å². The molecule has 1 aliphatic rings. The van der Waals surface area contributed by atoms with Crippen LogP contribution in [0.5, 0.6) is 5.75 Å². The van der Waals surface area contributed by atoms with Crippen LogP contribution in [0.3, 0.4) is 0 Å². The molecule has 1 aliphatic heterocycles. The van der Waals surface area contributed by atoms with Crippen molar-refractivity contribution in [1.29, 1.82) is 0 Å². The van der Waals surface area contributed by atoms with E-state index in [1.54, 1.807) is 35.2 Å². The molecule has 2 aromatic rings. The number of carbonyl (C=O) groups excluding carboxylic acids is 2. The highest BCUT2D eigenvalue weighted by atomic mass is 35.5. The maximum absolute atomic E-state index is 12.4. The Hall–Kier alpha value is -2.33. The Labute approximate surface area is 139 Å². The second kappa shape index (κ2) is 6.42. The molecule has 0 spiro atoms. The molecule has 5 heteroatoms. The van der Waals surface area contributed by atoms with Gasteiger partial charge in [0.15, 0.2) is 12.4 Å². The average Bonchev–Trinajstić information content (AvgIpc) is 2.97. The molecule has 0 atom stereocenters. The minimum absolute atomic E-state index is 0.0274. The van der Waals surface area contributed by atoms with Crippen LogP contribution in [0.4, 0.5) is 5.69 Å². The van der Waals surface area contributed by atoms with Crippen LogP contribution in [-0.2, 0) is 11.2 Å². The first-order valence-electron chi connectivity index (χ1n) is 7.38. The fourth-order valence-corrected chi connectivity index (χ4v) is 2.85. The van der Waals surface area contributed by atoms with E-state index in [2.05, 4.69) is 0 Å². The van der Waals surface area contributed by atoms with Crippen molar-refractivity contribution in [3.63, 3.8) is 0 Å². The van der Waals surface area contributed by atoms with Gasteiger partial charge in [-0.2, -0.15) is 0 Å². The molecule has 0 unspecified atom stereocenters.